The molecule has 0 spiro atoms. The zero-order chi connectivity index (χ0) is 20.8. The van der Waals surface area contributed by atoms with Crippen LogP contribution in [0.25, 0.3) is 0 Å². The van der Waals surface area contributed by atoms with Gasteiger partial charge in [-0.2, -0.15) is 4.31 Å². The fraction of sp³-hybridized carbons (Fsp3) is 0.556. The van der Waals surface area contributed by atoms with Crippen molar-refractivity contribution in [2.45, 2.75) is 45.1 Å². The van der Waals surface area contributed by atoms with Gasteiger partial charge in [0.2, 0.25) is 10.0 Å². The molecule has 0 saturated heterocycles. The molecule has 7 nitrogen and oxygen atoms in total. The first kappa shape index (κ1) is 23.4. The number of methoxy groups -OCH3 is 1. The van der Waals surface area contributed by atoms with Crippen LogP contribution in [-0.4, -0.2) is 50.8 Å². The van der Waals surface area contributed by atoms with Gasteiger partial charge in [0, 0.05) is 18.7 Å². The quantitative estimate of drug-likeness (QED) is 0.622. The number of nitrogens with zero attached hydrogens (tertiary/aromatic N) is 1. The maximum atomic E-state index is 12.8. The third-order valence-electron chi connectivity index (χ3n) is 4.47. The van der Waals surface area contributed by atoms with Crippen molar-refractivity contribution in [3.05, 3.63) is 28.8 Å². The molecule has 1 aromatic rings. The van der Waals surface area contributed by atoms with Crippen LogP contribution in [0.2, 0.25) is 5.02 Å². The third-order valence-corrected chi connectivity index (χ3v) is 7.00. The molecule has 0 aliphatic carbocycles. The van der Waals surface area contributed by atoms with E-state index in [9.17, 15) is 18.0 Å². The minimum Gasteiger partial charge on any atom is -0.467 e. The monoisotopic (exact) mass is 418 g/mol. The number of sulfonamides is 1. The molecule has 0 radical (unpaired) electrons. The van der Waals surface area contributed by atoms with Crippen molar-refractivity contribution in [1.82, 2.24) is 9.62 Å². The lowest BCUT2D eigenvalue weighted by atomic mass is 9.99. The summed E-state index contributed by atoms with van der Waals surface area (Å²) in [5, 5.41) is 2.66. The van der Waals surface area contributed by atoms with Crippen LogP contribution in [0.3, 0.4) is 0 Å². The van der Waals surface area contributed by atoms with E-state index >= 15 is 0 Å². The molecule has 1 N–H and O–H groups in total. The molecule has 152 valence electrons. The van der Waals surface area contributed by atoms with E-state index in [1.54, 1.807) is 13.8 Å². The predicted octanol–water partition coefficient (Wildman–Crippen LogP) is 2.69. The van der Waals surface area contributed by atoms with E-state index in [0.717, 1.165) is 0 Å². The summed E-state index contributed by atoms with van der Waals surface area (Å²) in [5.41, 5.74) is 0.0994. The molecule has 0 saturated carbocycles. The van der Waals surface area contributed by atoms with Crippen molar-refractivity contribution in [2.24, 2.45) is 5.92 Å². The number of rotatable bonds is 9. The van der Waals surface area contributed by atoms with Gasteiger partial charge >= 0.3 is 5.97 Å². The molecule has 1 amide bonds. The van der Waals surface area contributed by atoms with Crippen LogP contribution in [0, 0.1) is 5.92 Å². The van der Waals surface area contributed by atoms with E-state index in [0.29, 0.717) is 6.42 Å². The Balaban J connectivity index is 3.25. The summed E-state index contributed by atoms with van der Waals surface area (Å²) in [7, 11) is -2.58. The molecular formula is C18H27ClN2O5S. The van der Waals surface area contributed by atoms with E-state index in [2.05, 4.69) is 5.32 Å². The standard InChI is InChI=1S/C18H27ClN2O5S/c1-6-12(4)16(18(23)26-5)20-17(22)13-9-10-14(19)15(11-13)27(24,25)21(7-2)8-3/h9-12,16H,6-8H2,1-5H3,(H,20,22)/t12-,16+/m0/s1. The summed E-state index contributed by atoms with van der Waals surface area (Å²) >= 11 is 6.08. The molecule has 27 heavy (non-hydrogen) atoms. The largest absolute Gasteiger partial charge is 0.467 e. The molecule has 1 rings (SSSR count). The minimum atomic E-state index is -3.83. The minimum absolute atomic E-state index is 0.0323. The number of carbonyl (C=O) groups is 2. The van der Waals surface area contributed by atoms with E-state index in [4.69, 9.17) is 16.3 Å². The van der Waals surface area contributed by atoms with Crippen LogP contribution < -0.4 is 5.32 Å². The van der Waals surface area contributed by atoms with E-state index in [1.165, 1.54) is 29.6 Å². The summed E-state index contributed by atoms with van der Waals surface area (Å²) < 4.78 is 31.5. The third kappa shape index (κ3) is 5.43. The Morgan fingerprint density at radius 3 is 2.30 bits per heavy atom. The van der Waals surface area contributed by atoms with Crippen molar-refractivity contribution < 1.29 is 22.7 Å². The molecule has 0 fully saturated rings. The smallest absolute Gasteiger partial charge is 0.328 e. The van der Waals surface area contributed by atoms with E-state index < -0.39 is 27.9 Å². The Bertz CT molecular complexity index is 778. The van der Waals surface area contributed by atoms with Crippen molar-refractivity contribution >= 4 is 33.5 Å². The lowest BCUT2D eigenvalue weighted by Crippen LogP contribution is -2.45. The van der Waals surface area contributed by atoms with Gasteiger partial charge in [-0.05, 0) is 24.1 Å². The normalized spacial score (nSPS) is 13.9. The molecule has 9 heteroatoms. The number of halogens is 1. The second kappa shape index (κ2) is 10.1. The average molecular weight is 419 g/mol. The SMILES string of the molecule is CC[C@H](C)[C@@H](NC(=O)c1ccc(Cl)c(S(=O)(=O)N(CC)CC)c1)C(=O)OC. The first-order valence-corrected chi connectivity index (χ1v) is 10.6. The highest BCUT2D eigenvalue weighted by Gasteiger charge is 2.29. The number of esters is 1. The molecule has 1 aromatic carbocycles. The number of hydrogen-bond acceptors (Lipinski definition) is 5. The summed E-state index contributed by atoms with van der Waals surface area (Å²) in [6.45, 7) is 7.72. The van der Waals surface area contributed by atoms with Gasteiger partial charge in [0.15, 0.2) is 0 Å². The summed E-state index contributed by atoms with van der Waals surface area (Å²) in [6, 6.07) is 3.19. The van der Waals surface area contributed by atoms with Gasteiger partial charge in [-0.1, -0.05) is 45.7 Å². The summed E-state index contributed by atoms with van der Waals surface area (Å²) in [6.07, 6.45) is 0.655. The first-order chi connectivity index (χ1) is 12.6. The van der Waals surface area contributed by atoms with Crippen LogP contribution >= 0.6 is 11.6 Å². The topological polar surface area (TPSA) is 92.8 Å². The highest BCUT2D eigenvalue weighted by atomic mass is 35.5. The molecular weight excluding hydrogens is 392 g/mol. The van der Waals surface area contributed by atoms with Crippen LogP contribution in [0.1, 0.15) is 44.5 Å². The Labute approximate surface area is 166 Å². The van der Waals surface area contributed by atoms with Gasteiger partial charge in [0.25, 0.3) is 5.91 Å². The van der Waals surface area contributed by atoms with Crippen LogP contribution in [0.15, 0.2) is 23.1 Å². The van der Waals surface area contributed by atoms with Crippen LogP contribution in [0.4, 0.5) is 0 Å². The summed E-state index contributed by atoms with van der Waals surface area (Å²) in [5.74, 6) is -1.27. The highest BCUT2D eigenvalue weighted by Crippen LogP contribution is 2.26. The van der Waals surface area contributed by atoms with E-state index in [-0.39, 0.29) is 34.5 Å². The Morgan fingerprint density at radius 2 is 1.81 bits per heavy atom. The van der Waals surface area contributed by atoms with Crippen molar-refractivity contribution in [3.8, 4) is 0 Å². The fourth-order valence-corrected chi connectivity index (χ4v) is 4.52. The van der Waals surface area contributed by atoms with Gasteiger partial charge < -0.3 is 10.1 Å². The molecule has 0 bridgehead atoms. The molecule has 0 aromatic heterocycles. The maximum absolute atomic E-state index is 12.8. The van der Waals surface area contributed by atoms with Gasteiger partial charge in [0.1, 0.15) is 10.9 Å². The number of amides is 1. The van der Waals surface area contributed by atoms with Crippen molar-refractivity contribution in [3.63, 3.8) is 0 Å². The van der Waals surface area contributed by atoms with Crippen LogP contribution in [0.5, 0.6) is 0 Å². The first-order valence-electron chi connectivity index (χ1n) is 8.82. The van der Waals surface area contributed by atoms with E-state index in [1.807, 2.05) is 13.8 Å². The van der Waals surface area contributed by atoms with Gasteiger partial charge in [-0.25, -0.2) is 13.2 Å². The molecule has 0 aliphatic heterocycles. The van der Waals surface area contributed by atoms with Crippen molar-refractivity contribution in [2.75, 3.05) is 20.2 Å². The Kier molecular flexibility index (Phi) is 8.71. The second-order valence-corrected chi connectivity index (χ2v) is 8.41. The molecule has 2 atom stereocenters. The number of ether oxygens (including phenoxy) is 1. The number of nitrogens with one attached hydrogen (secondary N) is 1. The Morgan fingerprint density at radius 1 is 1.22 bits per heavy atom. The van der Waals surface area contributed by atoms with Crippen molar-refractivity contribution in [1.29, 1.82) is 0 Å². The lowest BCUT2D eigenvalue weighted by Gasteiger charge is -2.22. The van der Waals surface area contributed by atoms with Gasteiger partial charge in [-0.15, -0.1) is 0 Å². The molecule has 0 heterocycles. The average Bonchev–Trinajstić information content (AvgIpc) is 2.65. The predicted molar refractivity (Wildman–Crippen MR) is 104 cm³/mol. The fourth-order valence-electron chi connectivity index (χ4n) is 2.57. The van der Waals surface area contributed by atoms with Gasteiger partial charge in [-0.3, -0.25) is 4.79 Å². The van der Waals surface area contributed by atoms with Gasteiger partial charge in [0.05, 0.1) is 12.1 Å². The van der Waals surface area contributed by atoms with Crippen LogP contribution in [-0.2, 0) is 19.6 Å². The number of benzene rings is 1. The lowest BCUT2D eigenvalue weighted by molar-refractivity contribution is -0.144. The zero-order valence-corrected chi connectivity index (χ0v) is 17.9. The maximum Gasteiger partial charge on any atom is 0.328 e. The zero-order valence-electron chi connectivity index (χ0n) is 16.3. The Hall–Kier alpha value is -1.64. The second-order valence-electron chi connectivity index (χ2n) is 6.09. The highest BCUT2D eigenvalue weighted by molar-refractivity contribution is 7.89. The molecule has 0 aliphatic rings. The summed E-state index contributed by atoms with van der Waals surface area (Å²) in [4.78, 5) is 24.5. The number of hydrogen-bond donors (Lipinski definition) is 1. The number of carbonyl (C=O) groups excluding carboxylic acids is 2. The molecule has 0 unspecified atom stereocenters.